The van der Waals surface area contributed by atoms with Crippen LogP contribution in [0.2, 0.25) is 0 Å². The van der Waals surface area contributed by atoms with E-state index in [-0.39, 0.29) is 6.10 Å². The molecule has 0 bridgehead atoms. The molecular formula is C15H18NO2+. The highest BCUT2D eigenvalue weighted by Gasteiger charge is 2.21. The monoisotopic (exact) mass is 244 g/mol. The van der Waals surface area contributed by atoms with Crippen molar-refractivity contribution in [2.24, 2.45) is 0 Å². The molecule has 2 N–H and O–H groups in total. The van der Waals surface area contributed by atoms with E-state index in [1.165, 1.54) is 11.1 Å². The summed E-state index contributed by atoms with van der Waals surface area (Å²) in [5.41, 5.74) is 2.78. The Labute approximate surface area is 107 Å². The van der Waals surface area contributed by atoms with Crippen LogP contribution in [0, 0.1) is 0 Å². The van der Waals surface area contributed by atoms with Crippen LogP contribution in [0.1, 0.15) is 23.0 Å². The van der Waals surface area contributed by atoms with Gasteiger partial charge in [0.1, 0.15) is 19.2 Å². The number of benzene rings is 1. The maximum Gasteiger partial charge on any atom is 0.157 e. The molecule has 0 unspecified atom stereocenters. The van der Waals surface area contributed by atoms with Gasteiger partial charge in [-0.15, -0.1) is 0 Å². The van der Waals surface area contributed by atoms with E-state index in [9.17, 15) is 0 Å². The summed E-state index contributed by atoms with van der Waals surface area (Å²) in [4.78, 5) is 0. The van der Waals surface area contributed by atoms with Gasteiger partial charge in [-0.25, -0.2) is 0 Å². The normalized spacial score (nSPS) is 18.6. The van der Waals surface area contributed by atoms with Crippen LogP contribution in [0.15, 0.2) is 47.1 Å². The van der Waals surface area contributed by atoms with Gasteiger partial charge in [-0.1, -0.05) is 24.3 Å². The van der Waals surface area contributed by atoms with Crippen molar-refractivity contribution in [3.63, 3.8) is 0 Å². The fourth-order valence-corrected chi connectivity index (χ4v) is 2.48. The fourth-order valence-electron chi connectivity index (χ4n) is 2.48. The molecule has 1 atom stereocenters. The lowest BCUT2D eigenvalue weighted by molar-refractivity contribution is -0.679. The van der Waals surface area contributed by atoms with Gasteiger partial charge in [0.2, 0.25) is 0 Å². The van der Waals surface area contributed by atoms with Gasteiger partial charge < -0.3 is 14.5 Å². The molecule has 0 saturated heterocycles. The number of ether oxygens (including phenoxy) is 1. The molecule has 1 aromatic carbocycles. The van der Waals surface area contributed by atoms with Gasteiger partial charge in [-0.3, -0.25) is 0 Å². The fraction of sp³-hybridized carbons (Fsp3) is 0.333. The van der Waals surface area contributed by atoms with Crippen LogP contribution in [-0.4, -0.2) is 13.2 Å². The summed E-state index contributed by atoms with van der Waals surface area (Å²) in [5, 5.41) is 2.24. The van der Waals surface area contributed by atoms with Crippen LogP contribution in [0.5, 0.6) is 0 Å². The van der Waals surface area contributed by atoms with E-state index in [1.54, 1.807) is 6.26 Å². The molecule has 1 aromatic heterocycles. The SMILES string of the molecule is c1coc(C[NH2+]C[C@H]2OCCc3ccccc32)c1. The summed E-state index contributed by atoms with van der Waals surface area (Å²) in [6.45, 7) is 2.64. The molecule has 0 aliphatic carbocycles. The Hall–Kier alpha value is -1.58. The highest BCUT2D eigenvalue weighted by atomic mass is 16.5. The van der Waals surface area contributed by atoms with E-state index in [0.717, 1.165) is 31.9 Å². The summed E-state index contributed by atoms with van der Waals surface area (Å²) >= 11 is 0. The lowest BCUT2D eigenvalue weighted by atomic mass is 9.97. The Kier molecular flexibility index (Phi) is 3.44. The maximum atomic E-state index is 5.86. The van der Waals surface area contributed by atoms with Crippen molar-refractivity contribution in [2.45, 2.75) is 19.1 Å². The Balaban J connectivity index is 1.60. The largest absolute Gasteiger partial charge is 0.463 e. The number of furan rings is 1. The lowest BCUT2D eigenvalue weighted by Gasteiger charge is -2.24. The van der Waals surface area contributed by atoms with Gasteiger partial charge >= 0.3 is 0 Å². The number of quaternary nitrogens is 1. The predicted molar refractivity (Wildman–Crippen MR) is 68.0 cm³/mol. The summed E-state index contributed by atoms with van der Waals surface area (Å²) in [5.74, 6) is 1.01. The zero-order valence-corrected chi connectivity index (χ0v) is 10.3. The van der Waals surface area contributed by atoms with Crippen molar-refractivity contribution in [2.75, 3.05) is 13.2 Å². The van der Waals surface area contributed by atoms with E-state index in [1.807, 2.05) is 12.1 Å². The molecule has 0 radical (unpaired) electrons. The van der Waals surface area contributed by atoms with Crippen LogP contribution in [-0.2, 0) is 17.7 Å². The second kappa shape index (κ2) is 5.38. The van der Waals surface area contributed by atoms with Crippen LogP contribution < -0.4 is 5.32 Å². The van der Waals surface area contributed by atoms with Crippen molar-refractivity contribution in [1.29, 1.82) is 0 Å². The third-order valence-electron chi connectivity index (χ3n) is 3.40. The summed E-state index contributed by atoms with van der Waals surface area (Å²) in [7, 11) is 0. The molecule has 0 saturated carbocycles. The Morgan fingerprint density at radius 1 is 1.17 bits per heavy atom. The number of hydrogen-bond acceptors (Lipinski definition) is 2. The van der Waals surface area contributed by atoms with Crippen molar-refractivity contribution < 1.29 is 14.5 Å². The van der Waals surface area contributed by atoms with Crippen molar-refractivity contribution in [3.05, 3.63) is 59.5 Å². The molecule has 94 valence electrons. The van der Waals surface area contributed by atoms with Crippen LogP contribution in [0.4, 0.5) is 0 Å². The third-order valence-corrected chi connectivity index (χ3v) is 3.40. The maximum absolute atomic E-state index is 5.86. The Morgan fingerprint density at radius 3 is 3.00 bits per heavy atom. The Morgan fingerprint density at radius 2 is 2.11 bits per heavy atom. The van der Waals surface area contributed by atoms with Crippen LogP contribution in [0.3, 0.4) is 0 Å². The molecule has 0 fully saturated rings. The summed E-state index contributed by atoms with van der Waals surface area (Å²) in [6, 6.07) is 12.5. The molecule has 0 amide bonds. The van der Waals surface area contributed by atoms with E-state index in [0.29, 0.717) is 0 Å². The predicted octanol–water partition coefficient (Wildman–Crippen LogP) is 1.66. The molecule has 3 rings (SSSR count). The zero-order valence-electron chi connectivity index (χ0n) is 10.3. The second-order valence-corrected chi connectivity index (χ2v) is 4.62. The Bertz CT molecular complexity index is 493. The minimum absolute atomic E-state index is 0.213. The highest BCUT2D eigenvalue weighted by Crippen LogP contribution is 2.25. The standard InChI is InChI=1S/C15H17NO2/c1-2-6-14-12(4-1)7-9-18-15(14)11-16-10-13-5-3-8-17-13/h1-6,8,15-16H,7,9-11H2/p+1/t15-/m1/s1. The molecular weight excluding hydrogens is 226 g/mol. The minimum atomic E-state index is 0.213. The lowest BCUT2D eigenvalue weighted by Crippen LogP contribution is -2.83. The number of nitrogens with two attached hydrogens (primary N) is 1. The van der Waals surface area contributed by atoms with Crippen molar-refractivity contribution >= 4 is 0 Å². The molecule has 2 aromatic rings. The molecule has 18 heavy (non-hydrogen) atoms. The van der Waals surface area contributed by atoms with E-state index in [4.69, 9.17) is 9.15 Å². The first kappa shape index (κ1) is 11.5. The number of hydrogen-bond donors (Lipinski definition) is 1. The van der Waals surface area contributed by atoms with E-state index in [2.05, 4.69) is 29.6 Å². The number of fused-ring (bicyclic) bond motifs is 1. The average Bonchev–Trinajstić information content (AvgIpc) is 2.92. The molecule has 1 aliphatic heterocycles. The van der Waals surface area contributed by atoms with Gasteiger partial charge in [-0.2, -0.15) is 0 Å². The van der Waals surface area contributed by atoms with Crippen LogP contribution >= 0.6 is 0 Å². The van der Waals surface area contributed by atoms with Crippen molar-refractivity contribution in [3.8, 4) is 0 Å². The van der Waals surface area contributed by atoms with Gasteiger partial charge in [0.05, 0.1) is 12.9 Å². The van der Waals surface area contributed by atoms with Gasteiger partial charge in [0.15, 0.2) is 5.76 Å². The van der Waals surface area contributed by atoms with Crippen molar-refractivity contribution in [1.82, 2.24) is 0 Å². The van der Waals surface area contributed by atoms with E-state index < -0.39 is 0 Å². The van der Waals surface area contributed by atoms with Gasteiger partial charge in [0.25, 0.3) is 0 Å². The minimum Gasteiger partial charge on any atom is -0.463 e. The summed E-state index contributed by atoms with van der Waals surface area (Å²) < 4.78 is 11.2. The second-order valence-electron chi connectivity index (χ2n) is 4.62. The molecule has 3 heteroatoms. The zero-order chi connectivity index (χ0) is 12.2. The van der Waals surface area contributed by atoms with Crippen LogP contribution in [0.25, 0.3) is 0 Å². The quantitative estimate of drug-likeness (QED) is 0.888. The molecule has 0 spiro atoms. The number of rotatable bonds is 4. The highest BCUT2D eigenvalue weighted by molar-refractivity contribution is 5.30. The van der Waals surface area contributed by atoms with E-state index >= 15 is 0 Å². The molecule has 3 nitrogen and oxygen atoms in total. The third kappa shape index (κ3) is 2.47. The topological polar surface area (TPSA) is 39.0 Å². The smallest absolute Gasteiger partial charge is 0.157 e. The summed E-state index contributed by atoms with van der Waals surface area (Å²) in [6.07, 6.45) is 2.96. The molecule has 1 aliphatic rings. The first-order valence-electron chi connectivity index (χ1n) is 6.47. The molecule has 2 heterocycles. The van der Waals surface area contributed by atoms with Gasteiger partial charge in [-0.05, 0) is 29.7 Å². The van der Waals surface area contributed by atoms with Gasteiger partial charge in [0, 0.05) is 0 Å². The first-order valence-corrected chi connectivity index (χ1v) is 6.47. The first-order chi connectivity index (χ1) is 8.93. The average molecular weight is 244 g/mol.